The van der Waals surface area contributed by atoms with Crippen LogP contribution in [0.1, 0.15) is 47.1 Å². The topological polar surface area (TPSA) is 77.8 Å². The molecule has 2 heterocycles. The number of aldehydes is 1. The zero-order valence-corrected chi connectivity index (χ0v) is 28.5. The van der Waals surface area contributed by atoms with Gasteiger partial charge in [-0.2, -0.15) is 5.26 Å². The Bertz CT molecular complexity index is 2230. The Balaban J connectivity index is 1.01. The molecule has 51 heavy (non-hydrogen) atoms. The van der Waals surface area contributed by atoms with Gasteiger partial charge in [-0.1, -0.05) is 43.5 Å². The molecule has 0 N–H and O–H groups in total. The van der Waals surface area contributed by atoms with Gasteiger partial charge in [0.1, 0.15) is 46.2 Å². The van der Waals surface area contributed by atoms with E-state index in [1.54, 1.807) is 30.3 Å². The fourth-order valence-corrected chi connectivity index (χ4v) is 6.02. The zero-order chi connectivity index (χ0) is 36.2. The maximum Gasteiger partial charge on any atom is 0.154 e. The minimum atomic E-state index is -0.603. The predicted octanol–water partition coefficient (Wildman–Crippen LogP) is 10.5. The normalized spacial score (nSPS) is 13.5. The largest absolute Gasteiger partial charge is 0.493 e. The second-order valence-electron chi connectivity index (χ2n) is 12.0. The molecule has 0 radical (unpaired) electrons. The maximum absolute atomic E-state index is 15.4. The number of benzene rings is 4. The first-order chi connectivity index (χ1) is 24.6. The predicted molar refractivity (Wildman–Crippen MR) is 194 cm³/mol. The molecule has 0 spiro atoms. The number of hydrogen-bond acceptors (Lipinski definition) is 6. The summed E-state index contributed by atoms with van der Waals surface area (Å²) in [5, 5.41) is 10.0. The van der Waals surface area contributed by atoms with Crippen LogP contribution in [0.3, 0.4) is 0 Å². The van der Waals surface area contributed by atoms with Gasteiger partial charge in [-0.3, -0.25) is 4.79 Å². The fraction of sp³-hybridized carbons (Fsp3) is 0.143. The zero-order valence-electron chi connectivity index (χ0n) is 27.8. The van der Waals surface area contributed by atoms with E-state index in [4.69, 9.17) is 30.5 Å². The summed E-state index contributed by atoms with van der Waals surface area (Å²) >= 11 is 6.15. The molecule has 0 saturated heterocycles. The third-order valence-corrected chi connectivity index (χ3v) is 8.74. The molecule has 2 aliphatic rings. The molecule has 0 fully saturated rings. The number of carbonyl (C=O) groups excluding carboxylic acids is 1. The number of halogens is 3. The highest BCUT2D eigenvalue weighted by molar-refractivity contribution is 6.30. The standard InChI is InChI=1S/C42H32ClF2NO5/c1-24-8-12-31-26(3)35(23-47)41(50-38(31)18-24)33-14-10-29(20-36(33)44)48-16-6-5-7-17-49-30-11-15-34(37(45)21-30)42-40(25(2)22-46)27(4)32-13-9-28(43)19-39(32)51-42/h8-15,18-21,23H,2-7,16-17H2,1H3. The Morgan fingerprint density at radius 3 is 1.94 bits per heavy atom. The molecule has 256 valence electrons. The van der Waals surface area contributed by atoms with Crippen molar-refractivity contribution in [3.63, 3.8) is 0 Å². The lowest BCUT2D eigenvalue weighted by Gasteiger charge is -2.25. The quantitative estimate of drug-likeness (QED) is 0.0830. The summed E-state index contributed by atoms with van der Waals surface area (Å²) in [5.74, 6) is 0.633. The molecule has 0 unspecified atom stereocenters. The Labute approximate surface area is 299 Å². The van der Waals surface area contributed by atoms with Crippen molar-refractivity contribution in [1.29, 1.82) is 5.26 Å². The number of hydrogen-bond donors (Lipinski definition) is 0. The number of rotatable bonds is 12. The highest BCUT2D eigenvalue weighted by atomic mass is 35.5. The van der Waals surface area contributed by atoms with Crippen LogP contribution < -0.4 is 18.9 Å². The summed E-state index contributed by atoms with van der Waals surface area (Å²) in [5.41, 5.74) is 4.09. The van der Waals surface area contributed by atoms with Gasteiger partial charge >= 0.3 is 0 Å². The summed E-state index contributed by atoms with van der Waals surface area (Å²) in [4.78, 5) is 11.9. The van der Waals surface area contributed by atoms with E-state index < -0.39 is 11.6 Å². The summed E-state index contributed by atoms with van der Waals surface area (Å²) in [7, 11) is 0. The molecule has 6 nitrogen and oxygen atoms in total. The van der Waals surface area contributed by atoms with Gasteiger partial charge in [-0.25, -0.2) is 8.78 Å². The van der Waals surface area contributed by atoms with Gasteiger partial charge in [0.05, 0.1) is 41.6 Å². The molecule has 0 amide bonds. The van der Waals surface area contributed by atoms with Crippen molar-refractivity contribution in [3.05, 3.63) is 154 Å². The van der Waals surface area contributed by atoms with Crippen molar-refractivity contribution in [1.82, 2.24) is 0 Å². The summed E-state index contributed by atoms with van der Waals surface area (Å²) in [6.45, 7) is 14.5. The number of fused-ring (bicyclic) bond motifs is 2. The monoisotopic (exact) mass is 703 g/mol. The minimum Gasteiger partial charge on any atom is -0.493 e. The van der Waals surface area contributed by atoms with Crippen LogP contribution in [0, 0.1) is 29.9 Å². The number of nitrogens with zero attached hydrogens (tertiary/aromatic N) is 1. The van der Waals surface area contributed by atoms with E-state index in [0.29, 0.717) is 88.2 Å². The average Bonchev–Trinajstić information content (AvgIpc) is 3.10. The summed E-state index contributed by atoms with van der Waals surface area (Å²) in [6.07, 6.45) is 2.72. The van der Waals surface area contributed by atoms with Gasteiger partial charge < -0.3 is 18.9 Å². The Morgan fingerprint density at radius 2 is 1.33 bits per heavy atom. The van der Waals surface area contributed by atoms with Gasteiger partial charge in [0.2, 0.25) is 0 Å². The van der Waals surface area contributed by atoms with Gasteiger partial charge in [0, 0.05) is 39.9 Å². The maximum atomic E-state index is 15.4. The molecule has 6 rings (SSSR count). The first-order valence-corrected chi connectivity index (χ1v) is 16.5. The molecule has 9 heteroatoms. The van der Waals surface area contributed by atoms with E-state index in [2.05, 4.69) is 19.7 Å². The third kappa shape index (κ3) is 7.21. The molecular formula is C42H32ClF2NO5. The molecule has 0 aromatic heterocycles. The van der Waals surface area contributed by atoms with Crippen molar-refractivity contribution in [2.75, 3.05) is 13.2 Å². The second kappa shape index (κ2) is 14.9. The number of unbranched alkanes of at least 4 members (excludes halogenated alkanes) is 2. The van der Waals surface area contributed by atoms with Crippen molar-refractivity contribution < 1.29 is 32.5 Å². The van der Waals surface area contributed by atoms with Crippen LogP contribution in [0.15, 0.2) is 109 Å². The van der Waals surface area contributed by atoms with Crippen molar-refractivity contribution in [2.45, 2.75) is 26.2 Å². The Morgan fingerprint density at radius 1 is 0.784 bits per heavy atom. The van der Waals surface area contributed by atoms with Crippen LogP contribution in [-0.2, 0) is 4.79 Å². The highest BCUT2D eigenvalue weighted by Gasteiger charge is 2.29. The van der Waals surface area contributed by atoms with Crippen LogP contribution in [0.25, 0.3) is 22.7 Å². The smallest absolute Gasteiger partial charge is 0.154 e. The molecular weight excluding hydrogens is 672 g/mol. The van der Waals surface area contributed by atoms with E-state index in [1.165, 1.54) is 24.3 Å². The van der Waals surface area contributed by atoms with E-state index in [-0.39, 0.29) is 33.8 Å². The number of ether oxygens (including phenoxy) is 4. The van der Waals surface area contributed by atoms with E-state index in [9.17, 15) is 10.1 Å². The lowest BCUT2D eigenvalue weighted by molar-refractivity contribution is -0.104. The number of nitriles is 1. The summed E-state index contributed by atoms with van der Waals surface area (Å²) in [6, 6.07) is 21.4. The minimum absolute atomic E-state index is 0.0921. The molecule has 0 bridgehead atoms. The number of allylic oxidation sites excluding steroid dienone is 5. The third-order valence-electron chi connectivity index (χ3n) is 8.50. The Kier molecular flexibility index (Phi) is 10.2. The van der Waals surface area contributed by atoms with Gasteiger partial charge in [-0.15, -0.1) is 0 Å². The average molecular weight is 704 g/mol. The SMILES string of the molecule is C=C(C#N)C1=C(c2ccc(OCCCCCOc3ccc(C4=C(C=O)C(=C)c5ccc(C)cc5O4)c(F)c3)cc2F)Oc2cc(Cl)ccc2C1=C. The van der Waals surface area contributed by atoms with Crippen LogP contribution >= 0.6 is 11.6 Å². The lowest BCUT2D eigenvalue weighted by Crippen LogP contribution is -2.11. The van der Waals surface area contributed by atoms with Crippen LogP contribution in [0.5, 0.6) is 23.0 Å². The molecule has 0 saturated carbocycles. The van der Waals surface area contributed by atoms with Gasteiger partial charge in [0.25, 0.3) is 0 Å². The van der Waals surface area contributed by atoms with Gasteiger partial charge in [0.15, 0.2) is 6.29 Å². The highest BCUT2D eigenvalue weighted by Crippen LogP contribution is 2.45. The van der Waals surface area contributed by atoms with Crippen molar-refractivity contribution in [3.8, 4) is 29.1 Å². The molecule has 0 aliphatic carbocycles. The molecule has 4 aromatic rings. The van der Waals surface area contributed by atoms with Gasteiger partial charge in [-0.05, 0) is 85.4 Å². The first-order valence-electron chi connectivity index (χ1n) is 16.1. The fourth-order valence-electron chi connectivity index (χ4n) is 5.86. The summed E-state index contributed by atoms with van der Waals surface area (Å²) < 4.78 is 54.3. The van der Waals surface area contributed by atoms with Crippen molar-refractivity contribution >= 4 is 40.6 Å². The van der Waals surface area contributed by atoms with E-state index in [0.717, 1.165) is 12.0 Å². The molecule has 0 atom stereocenters. The van der Waals surface area contributed by atoms with E-state index in [1.807, 2.05) is 31.2 Å². The van der Waals surface area contributed by atoms with Crippen molar-refractivity contribution in [2.24, 2.45) is 0 Å². The molecule has 2 aliphatic heterocycles. The van der Waals surface area contributed by atoms with Crippen LogP contribution in [0.2, 0.25) is 5.02 Å². The number of aryl methyl sites for hydroxylation is 1. The second-order valence-corrected chi connectivity index (χ2v) is 12.4. The van der Waals surface area contributed by atoms with Crippen LogP contribution in [-0.4, -0.2) is 19.5 Å². The van der Waals surface area contributed by atoms with Crippen LogP contribution in [0.4, 0.5) is 8.78 Å². The number of carbonyl (C=O) groups is 1. The van der Waals surface area contributed by atoms with E-state index >= 15 is 8.78 Å². The first kappa shape index (κ1) is 34.9. The Hall–Kier alpha value is -5.91. The molecule has 4 aromatic carbocycles. The lowest BCUT2D eigenvalue weighted by atomic mass is 9.89.